The van der Waals surface area contributed by atoms with Crippen LogP contribution in [0.3, 0.4) is 0 Å². The number of hydrogen-bond acceptors (Lipinski definition) is 4. The lowest BCUT2D eigenvalue weighted by atomic mass is 10.1. The highest BCUT2D eigenvalue weighted by atomic mass is 16.3. The van der Waals surface area contributed by atoms with Crippen LogP contribution in [0, 0.1) is 0 Å². The lowest BCUT2D eigenvalue weighted by Gasteiger charge is -2.33. The van der Waals surface area contributed by atoms with Gasteiger partial charge in [0.05, 0.1) is 6.26 Å². The zero-order valence-corrected chi connectivity index (χ0v) is 12.5. The van der Waals surface area contributed by atoms with Gasteiger partial charge in [-0.1, -0.05) is 30.3 Å². The molecule has 6 nitrogen and oxygen atoms in total. The summed E-state index contributed by atoms with van der Waals surface area (Å²) in [6, 6.07) is 11.7. The SMILES string of the molecule is O=C(C(=O)N1CCN(C(=O)c2ccco2)CC1)c1ccccc1. The maximum Gasteiger partial charge on any atom is 0.295 e. The molecule has 0 radical (unpaired) electrons. The number of nitrogens with zero attached hydrogens (tertiary/aromatic N) is 2. The number of ketones is 1. The minimum Gasteiger partial charge on any atom is -0.459 e. The molecule has 0 bridgehead atoms. The van der Waals surface area contributed by atoms with Gasteiger partial charge in [0.25, 0.3) is 11.8 Å². The number of furan rings is 1. The zero-order chi connectivity index (χ0) is 16.2. The summed E-state index contributed by atoms with van der Waals surface area (Å²) >= 11 is 0. The summed E-state index contributed by atoms with van der Waals surface area (Å²) in [5.74, 6) is -0.959. The normalized spacial score (nSPS) is 14.6. The minimum atomic E-state index is -0.527. The van der Waals surface area contributed by atoms with E-state index in [4.69, 9.17) is 4.42 Å². The number of carbonyl (C=O) groups is 3. The van der Waals surface area contributed by atoms with Crippen molar-refractivity contribution in [2.75, 3.05) is 26.2 Å². The van der Waals surface area contributed by atoms with E-state index in [2.05, 4.69) is 0 Å². The Morgan fingerprint density at radius 3 is 2.09 bits per heavy atom. The number of hydrogen-bond donors (Lipinski definition) is 0. The second-order valence-corrected chi connectivity index (χ2v) is 5.26. The third kappa shape index (κ3) is 3.15. The molecule has 1 aromatic heterocycles. The summed E-state index contributed by atoms with van der Waals surface area (Å²) in [5, 5.41) is 0. The second-order valence-electron chi connectivity index (χ2n) is 5.26. The largest absolute Gasteiger partial charge is 0.459 e. The Morgan fingerprint density at radius 1 is 0.826 bits per heavy atom. The number of carbonyl (C=O) groups excluding carboxylic acids is 3. The summed E-state index contributed by atoms with van der Waals surface area (Å²) < 4.78 is 5.09. The first-order chi connectivity index (χ1) is 11.2. The molecule has 0 spiro atoms. The van der Waals surface area contributed by atoms with E-state index in [0.717, 1.165) is 0 Å². The van der Waals surface area contributed by atoms with Gasteiger partial charge in [-0.25, -0.2) is 0 Å². The van der Waals surface area contributed by atoms with Crippen LogP contribution in [0.4, 0.5) is 0 Å². The average molecular weight is 312 g/mol. The molecule has 1 aromatic carbocycles. The van der Waals surface area contributed by atoms with E-state index in [9.17, 15) is 14.4 Å². The molecule has 0 aliphatic carbocycles. The molecule has 3 rings (SSSR count). The molecule has 2 heterocycles. The van der Waals surface area contributed by atoms with Crippen molar-refractivity contribution in [1.29, 1.82) is 0 Å². The maximum absolute atomic E-state index is 12.3. The Balaban J connectivity index is 1.59. The van der Waals surface area contributed by atoms with Gasteiger partial charge >= 0.3 is 0 Å². The van der Waals surface area contributed by atoms with Crippen LogP contribution in [-0.2, 0) is 4.79 Å². The van der Waals surface area contributed by atoms with Crippen LogP contribution in [0.15, 0.2) is 53.1 Å². The monoisotopic (exact) mass is 312 g/mol. The molecule has 0 N–H and O–H groups in total. The van der Waals surface area contributed by atoms with Gasteiger partial charge in [0, 0.05) is 31.7 Å². The fourth-order valence-electron chi connectivity index (χ4n) is 2.53. The summed E-state index contributed by atoms with van der Waals surface area (Å²) in [6.07, 6.45) is 1.45. The molecule has 118 valence electrons. The lowest BCUT2D eigenvalue weighted by molar-refractivity contribution is -0.127. The van der Waals surface area contributed by atoms with Crippen LogP contribution in [0.5, 0.6) is 0 Å². The first kappa shape index (κ1) is 15.0. The van der Waals surface area contributed by atoms with E-state index in [1.54, 1.807) is 47.4 Å². The molecule has 1 aliphatic heterocycles. The number of amides is 2. The molecule has 0 saturated carbocycles. The van der Waals surface area contributed by atoms with Gasteiger partial charge in [-0.2, -0.15) is 0 Å². The van der Waals surface area contributed by atoms with E-state index in [-0.39, 0.29) is 11.7 Å². The summed E-state index contributed by atoms with van der Waals surface area (Å²) in [4.78, 5) is 39.7. The Hall–Kier alpha value is -2.89. The van der Waals surface area contributed by atoms with Gasteiger partial charge in [0.1, 0.15) is 0 Å². The summed E-state index contributed by atoms with van der Waals surface area (Å²) in [7, 11) is 0. The molecular formula is C17H16N2O4. The summed E-state index contributed by atoms with van der Waals surface area (Å²) in [6.45, 7) is 1.44. The van der Waals surface area contributed by atoms with Crippen molar-refractivity contribution >= 4 is 17.6 Å². The Bertz CT molecular complexity index is 701. The predicted molar refractivity (Wildman–Crippen MR) is 82.0 cm³/mol. The predicted octanol–water partition coefficient (Wildman–Crippen LogP) is 1.45. The van der Waals surface area contributed by atoms with Crippen LogP contribution in [0.25, 0.3) is 0 Å². The van der Waals surface area contributed by atoms with Crippen LogP contribution in [0.2, 0.25) is 0 Å². The van der Waals surface area contributed by atoms with Crippen molar-refractivity contribution in [3.63, 3.8) is 0 Å². The van der Waals surface area contributed by atoms with Gasteiger partial charge in [-0.05, 0) is 12.1 Å². The minimum absolute atomic E-state index is 0.198. The average Bonchev–Trinajstić information content (AvgIpc) is 3.15. The fraction of sp³-hybridized carbons (Fsp3) is 0.235. The Morgan fingerprint density at radius 2 is 1.48 bits per heavy atom. The molecule has 2 amide bonds. The highest BCUT2D eigenvalue weighted by Crippen LogP contribution is 2.11. The van der Waals surface area contributed by atoms with Crippen molar-refractivity contribution in [3.8, 4) is 0 Å². The molecule has 1 saturated heterocycles. The third-order valence-corrected chi connectivity index (χ3v) is 3.82. The maximum atomic E-state index is 12.3. The van der Waals surface area contributed by atoms with E-state index >= 15 is 0 Å². The van der Waals surface area contributed by atoms with Gasteiger partial charge in [-0.15, -0.1) is 0 Å². The summed E-state index contributed by atoms with van der Waals surface area (Å²) in [5.41, 5.74) is 0.381. The van der Waals surface area contributed by atoms with Crippen molar-refractivity contribution in [1.82, 2.24) is 9.80 Å². The zero-order valence-electron chi connectivity index (χ0n) is 12.5. The highest BCUT2D eigenvalue weighted by Gasteiger charge is 2.29. The highest BCUT2D eigenvalue weighted by molar-refractivity contribution is 6.42. The molecule has 2 aromatic rings. The first-order valence-corrected chi connectivity index (χ1v) is 7.38. The third-order valence-electron chi connectivity index (χ3n) is 3.82. The number of piperazine rings is 1. The topological polar surface area (TPSA) is 70.8 Å². The number of Topliss-reactive ketones (excluding diaryl/α,β-unsaturated/α-hetero) is 1. The van der Waals surface area contributed by atoms with E-state index < -0.39 is 11.7 Å². The van der Waals surface area contributed by atoms with Gasteiger partial charge in [0.15, 0.2) is 5.76 Å². The van der Waals surface area contributed by atoms with Gasteiger partial charge in [-0.3, -0.25) is 14.4 Å². The molecule has 0 atom stereocenters. The Labute approximate surface area is 133 Å². The van der Waals surface area contributed by atoms with E-state index in [1.807, 2.05) is 0 Å². The lowest BCUT2D eigenvalue weighted by Crippen LogP contribution is -2.52. The van der Waals surface area contributed by atoms with Crippen molar-refractivity contribution in [2.24, 2.45) is 0 Å². The first-order valence-electron chi connectivity index (χ1n) is 7.38. The smallest absolute Gasteiger partial charge is 0.295 e. The number of rotatable bonds is 3. The quantitative estimate of drug-likeness (QED) is 0.635. The molecule has 23 heavy (non-hydrogen) atoms. The van der Waals surface area contributed by atoms with Gasteiger partial charge < -0.3 is 14.2 Å². The number of benzene rings is 1. The van der Waals surface area contributed by atoms with Crippen molar-refractivity contribution < 1.29 is 18.8 Å². The van der Waals surface area contributed by atoms with Crippen LogP contribution < -0.4 is 0 Å². The fourth-order valence-corrected chi connectivity index (χ4v) is 2.53. The van der Waals surface area contributed by atoms with Crippen LogP contribution >= 0.6 is 0 Å². The van der Waals surface area contributed by atoms with Crippen LogP contribution in [0.1, 0.15) is 20.9 Å². The molecular weight excluding hydrogens is 296 g/mol. The van der Waals surface area contributed by atoms with E-state index in [1.165, 1.54) is 11.2 Å². The van der Waals surface area contributed by atoms with Crippen molar-refractivity contribution in [3.05, 3.63) is 60.1 Å². The van der Waals surface area contributed by atoms with Crippen LogP contribution in [-0.4, -0.2) is 53.6 Å². The van der Waals surface area contributed by atoms with Crippen molar-refractivity contribution in [2.45, 2.75) is 0 Å². The molecule has 6 heteroatoms. The molecule has 0 unspecified atom stereocenters. The standard InChI is InChI=1S/C17H16N2O4/c20-15(13-5-2-1-3-6-13)17(22)19-10-8-18(9-11-19)16(21)14-7-4-12-23-14/h1-7,12H,8-11H2. The Kier molecular flexibility index (Phi) is 4.23. The molecule has 1 fully saturated rings. The molecule has 1 aliphatic rings. The second kappa shape index (κ2) is 6.48. The van der Waals surface area contributed by atoms with Gasteiger partial charge in [0.2, 0.25) is 5.78 Å². The van der Waals surface area contributed by atoms with E-state index in [0.29, 0.717) is 31.7 Å².